The molecule has 0 saturated heterocycles. The van der Waals surface area contributed by atoms with E-state index in [1.807, 2.05) is 58.0 Å². The second kappa shape index (κ2) is 5.67. The highest BCUT2D eigenvalue weighted by Gasteiger charge is 2.50. The van der Waals surface area contributed by atoms with E-state index >= 15 is 0 Å². The molecule has 0 aromatic carbocycles. The third-order valence-corrected chi connectivity index (χ3v) is 6.00. The van der Waals surface area contributed by atoms with Crippen molar-refractivity contribution in [3.63, 3.8) is 0 Å². The number of amides is 1. The molecule has 0 spiro atoms. The van der Waals surface area contributed by atoms with Gasteiger partial charge in [-0.25, -0.2) is 9.97 Å². The fourth-order valence-corrected chi connectivity index (χ4v) is 4.38. The van der Waals surface area contributed by atoms with Crippen LogP contribution in [-0.4, -0.2) is 24.8 Å². The minimum Gasteiger partial charge on any atom is -0.366 e. The molecule has 1 saturated carbocycles. The summed E-state index contributed by atoms with van der Waals surface area (Å²) in [7, 11) is 0. The number of carbonyl (C=O) groups excluding carboxylic acids is 1. The van der Waals surface area contributed by atoms with E-state index in [-0.39, 0.29) is 11.3 Å². The van der Waals surface area contributed by atoms with Gasteiger partial charge in [0.1, 0.15) is 17.8 Å². The molecule has 3 aromatic heterocycles. The Morgan fingerprint density at radius 1 is 1.26 bits per heavy atom. The monoisotopic (exact) mass is 359 g/mol. The minimum absolute atomic E-state index is 0.245. The highest BCUT2D eigenvalue weighted by molar-refractivity contribution is 5.93. The van der Waals surface area contributed by atoms with Gasteiger partial charge in [-0.05, 0) is 44.2 Å². The first-order valence-corrected chi connectivity index (χ1v) is 9.24. The zero-order chi connectivity index (χ0) is 18.6. The molecule has 3 heterocycles. The van der Waals surface area contributed by atoms with Crippen molar-refractivity contribution in [1.29, 1.82) is 0 Å². The summed E-state index contributed by atoms with van der Waals surface area (Å²) in [5.41, 5.74) is 9.18. The number of rotatable bonds is 4. The summed E-state index contributed by atoms with van der Waals surface area (Å²) >= 11 is 0. The Bertz CT molecular complexity index is 1110. The van der Waals surface area contributed by atoms with E-state index in [4.69, 9.17) is 10.7 Å². The predicted octanol–water partition coefficient (Wildman–Crippen LogP) is 2.93. The van der Waals surface area contributed by atoms with Crippen molar-refractivity contribution in [1.82, 2.24) is 18.9 Å². The third-order valence-electron chi connectivity index (χ3n) is 6.00. The van der Waals surface area contributed by atoms with Gasteiger partial charge >= 0.3 is 0 Å². The predicted molar refractivity (Wildman–Crippen MR) is 102 cm³/mol. The van der Waals surface area contributed by atoms with Crippen molar-refractivity contribution >= 4 is 11.6 Å². The van der Waals surface area contributed by atoms with Crippen molar-refractivity contribution in [2.75, 3.05) is 0 Å². The van der Waals surface area contributed by atoms with Gasteiger partial charge in [-0.3, -0.25) is 13.8 Å². The van der Waals surface area contributed by atoms with E-state index in [0.29, 0.717) is 17.9 Å². The van der Waals surface area contributed by atoms with Crippen LogP contribution in [0.1, 0.15) is 31.9 Å². The van der Waals surface area contributed by atoms with Crippen LogP contribution in [0.2, 0.25) is 0 Å². The number of nitrogens with two attached hydrogens (primary N) is 1. The Labute approximate surface area is 157 Å². The molecule has 6 heteroatoms. The first kappa shape index (κ1) is 16.1. The van der Waals surface area contributed by atoms with Crippen LogP contribution < -0.4 is 5.73 Å². The number of nitrogens with zero attached hydrogens (tertiary/aromatic N) is 4. The molecule has 2 aliphatic carbocycles. The van der Waals surface area contributed by atoms with Crippen LogP contribution >= 0.6 is 0 Å². The van der Waals surface area contributed by atoms with Gasteiger partial charge in [-0.15, -0.1) is 0 Å². The number of pyridine rings is 1. The lowest BCUT2D eigenvalue weighted by Crippen LogP contribution is -2.35. The second-order valence-electron chi connectivity index (χ2n) is 7.54. The van der Waals surface area contributed by atoms with Crippen LogP contribution in [0.4, 0.5) is 0 Å². The Morgan fingerprint density at radius 2 is 2.11 bits per heavy atom. The van der Waals surface area contributed by atoms with Crippen molar-refractivity contribution in [2.45, 2.75) is 31.6 Å². The average Bonchev–Trinajstić information content (AvgIpc) is 3.25. The molecule has 0 radical (unpaired) electrons. The number of carbonyl (C=O) groups is 1. The van der Waals surface area contributed by atoms with Gasteiger partial charge in [0.25, 0.3) is 0 Å². The van der Waals surface area contributed by atoms with Gasteiger partial charge in [-0.2, -0.15) is 0 Å². The molecule has 0 aliphatic heterocycles. The quantitative estimate of drug-likeness (QED) is 0.778. The molecule has 136 valence electrons. The number of imidazole rings is 2. The summed E-state index contributed by atoms with van der Waals surface area (Å²) in [6.45, 7) is 2.14. The standard InChI is InChI=1S/C21H21N5O/c1-14-5-6-15(20(22)27)10-21(14,16-7-8-16)17-12-25(13-24-17)19-11-23-18-4-2-3-9-26(18)19/h2-6,9,11-13,16H,7-8,10H2,1H3,(H2,22,27). The topological polar surface area (TPSA) is 78.2 Å². The summed E-state index contributed by atoms with van der Waals surface area (Å²) in [6.07, 6.45) is 14.6. The lowest BCUT2D eigenvalue weighted by molar-refractivity contribution is -0.114. The molecule has 2 N–H and O–H groups in total. The summed E-state index contributed by atoms with van der Waals surface area (Å²) in [5, 5.41) is 0. The van der Waals surface area contributed by atoms with E-state index in [0.717, 1.165) is 30.0 Å². The van der Waals surface area contributed by atoms with Crippen molar-refractivity contribution < 1.29 is 4.79 Å². The van der Waals surface area contributed by atoms with Crippen molar-refractivity contribution in [3.05, 3.63) is 72.1 Å². The van der Waals surface area contributed by atoms with Gasteiger partial charge < -0.3 is 5.73 Å². The first-order chi connectivity index (χ1) is 13.1. The zero-order valence-electron chi connectivity index (χ0n) is 15.2. The fourth-order valence-electron chi connectivity index (χ4n) is 4.38. The molecule has 27 heavy (non-hydrogen) atoms. The number of aromatic nitrogens is 4. The van der Waals surface area contributed by atoms with E-state index in [1.54, 1.807) is 0 Å². The Morgan fingerprint density at radius 3 is 2.89 bits per heavy atom. The van der Waals surface area contributed by atoms with Gasteiger partial charge in [0, 0.05) is 23.4 Å². The normalized spacial score (nSPS) is 22.6. The van der Waals surface area contributed by atoms with Gasteiger partial charge in [-0.1, -0.05) is 23.8 Å². The van der Waals surface area contributed by atoms with Gasteiger partial charge in [0.15, 0.2) is 0 Å². The minimum atomic E-state index is -0.343. The summed E-state index contributed by atoms with van der Waals surface area (Å²) in [6, 6.07) is 5.94. The number of primary amides is 1. The summed E-state index contributed by atoms with van der Waals surface area (Å²) in [4.78, 5) is 21.1. The molecular formula is C21H21N5O. The largest absolute Gasteiger partial charge is 0.366 e. The maximum Gasteiger partial charge on any atom is 0.244 e. The Kier molecular flexibility index (Phi) is 3.37. The Hall–Kier alpha value is -3.15. The van der Waals surface area contributed by atoms with Crippen LogP contribution in [0.5, 0.6) is 0 Å². The molecule has 1 fully saturated rings. The van der Waals surface area contributed by atoms with Crippen LogP contribution in [0.25, 0.3) is 11.5 Å². The highest BCUT2D eigenvalue weighted by atomic mass is 16.1. The van der Waals surface area contributed by atoms with Crippen LogP contribution in [0.3, 0.4) is 0 Å². The second-order valence-corrected chi connectivity index (χ2v) is 7.54. The van der Waals surface area contributed by atoms with Gasteiger partial charge in [0.2, 0.25) is 5.91 Å². The number of allylic oxidation sites excluding steroid dienone is 3. The van der Waals surface area contributed by atoms with E-state index in [1.165, 1.54) is 5.57 Å². The molecule has 1 atom stereocenters. The third kappa shape index (κ3) is 2.36. The molecule has 3 aromatic rings. The van der Waals surface area contributed by atoms with Crippen LogP contribution in [-0.2, 0) is 10.2 Å². The maximum absolute atomic E-state index is 11.8. The lowest BCUT2D eigenvalue weighted by atomic mass is 9.67. The smallest absolute Gasteiger partial charge is 0.244 e. The molecule has 1 unspecified atom stereocenters. The fraction of sp³-hybridized carbons (Fsp3) is 0.286. The summed E-state index contributed by atoms with van der Waals surface area (Å²) in [5.74, 6) is 1.10. The van der Waals surface area contributed by atoms with E-state index < -0.39 is 0 Å². The Balaban J connectivity index is 1.61. The molecule has 6 nitrogen and oxygen atoms in total. The van der Waals surface area contributed by atoms with Crippen molar-refractivity contribution in [2.24, 2.45) is 11.7 Å². The average molecular weight is 359 g/mol. The first-order valence-electron chi connectivity index (χ1n) is 9.24. The number of fused-ring (bicyclic) bond motifs is 1. The lowest BCUT2D eigenvalue weighted by Gasteiger charge is -2.36. The molecule has 5 rings (SSSR count). The van der Waals surface area contributed by atoms with Gasteiger partial charge in [0.05, 0.1) is 11.9 Å². The molecule has 0 bridgehead atoms. The molecule has 2 aliphatic rings. The number of hydrogen-bond acceptors (Lipinski definition) is 3. The summed E-state index contributed by atoms with van der Waals surface area (Å²) < 4.78 is 4.04. The zero-order valence-corrected chi connectivity index (χ0v) is 15.2. The molecular weight excluding hydrogens is 338 g/mol. The van der Waals surface area contributed by atoms with E-state index in [9.17, 15) is 4.79 Å². The molecule has 1 amide bonds. The van der Waals surface area contributed by atoms with Crippen LogP contribution in [0, 0.1) is 5.92 Å². The van der Waals surface area contributed by atoms with E-state index in [2.05, 4.69) is 18.1 Å². The maximum atomic E-state index is 11.8. The van der Waals surface area contributed by atoms with Crippen molar-refractivity contribution in [3.8, 4) is 5.82 Å². The number of hydrogen-bond donors (Lipinski definition) is 1. The highest BCUT2D eigenvalue weighted by Crippen LogP contribution is 2.55. The van der Waals surface area contributed by atoms with Crippen LogP contribution in [0.15, 0.2) is 66.4 Å². The SMILES string of the molecule is CC1=CC=C(C(N)=O)CC1(c1cn(-c2cnc3ccccn23)cn1)C1CC1.